The van der Waals surface area contributed by atoms with Crippen LogP contribution in [0.15, 0.2) is 59.9 Å². The van der Waals surface area contributed by atoms with E-state index >= 15 is 0 Å². The molecule has 2 atom stereocenters. The zero-order chi connectivity index (χ0) is 22.9. The Hall–Kier alpha value is -2.57. The van der Waals surface area contributed by atoms with E-state index in [0.717, 1.165) is 36.6 Å². The van der Waals surface area contributed by atoms with Gasteiger partial charge in [-0.15, -0.1) is 0 Å². The van der Waals surface area contributed by atoms with Crippen LogP contribution in [0.25, 0.3) is 0 Å². The monoisotopic (exact) mass is 441 g/mol. The molecule has 3 rings (SSSR count). The van der Waals surface area contributed by atoms with E-state index in [9.17, 15) is 13.9 Å². The van der Waals surface area contributed by atoms with Crippen LogP contribution in [0.5, 0.6) is 0 Å². The van der Waals surface area contributed by atoms with Gasteiger partial charge in [0, 0.05) is 37.3 Å². The summed E-state index contributed by atoms with van der Waals surface area (Å²) in [4.78, 5) is 6.47. The summed E-state index contributed by atoms with van der Waals surface area (Å²) in [7, 11) is 0. The third-order valence-electron chi connectivity index (χ3n) is 5.74. The van der Waals surface area contributed by atoms with Crippen molar-refractivity contribution in [2.45, 2.75) is 58.2 Å². The molecule has 0 radical (unpaired) electrons. The fraction of sp³-hybridized carbons (Fsp3) is 0.423. The molecule has 2 aromatic carbocycles. The topological polar surface area (TPSA) is 47.9 Å². The number of aliphatic hydroxyl groups is 1. The lowest BCUT2D eigenvalue weighted by molar-refractivity contribution is 0.0787. The lowest BCUT2D eigenvalue weighted by Crippen LogP contribution is -2.48. The molecule has 6 heteroatoms. The molecule has 0 spiro atoms. The van der Waals surface area contributed by atoms with Crippen molar-refractivity contribution in [2.75, 3.05) is 13.1 Å². The summed E-state index contributed by atoms with van der Waals surface area (Å²) in [6.07, 6.45) is 6.03. The van der Waals surface area contributed by atoms with Crippen LogP contribution in [0.1, 0.15) is 43.4 Å². The van der Waals surface area contributed by atoms with E-state index in [1.165, 1.54) is 17.7 Å². The Morgan fingerprint density at radius 3 is 2.53 bits per heavy atom. The lowest BCUT2D eigenvalue weighted by atomic mass is 9.98. The number of rotatable bonds is 11. The fourth-order valence-corrected chi connectivity index (χ4v) is 4.09. The number of aliphatic hydroxyl groups excluding tert-OH is 1. The van der Waals surface area contributed by atoms with Crippen molar-refractivity contribution in [2.24, 2.45) is 4.99 Å². The van der Waals surface area contributed by atoms with Gasteiger partial charge >= 0.3 is 0 Å². The van der Waals surface area contributed by atoms with E-state index in [0.29, 0.717) is 31.6 Å². The molecule has 0 unspecified atom stereocenters. The molecule has 0 bridgehead atoms. The maximum absolute atomic E-state index is 13.8. The summed E-state index contributed by atoms with van der Waals surface area (Å²) in [5, 5.41) is 14.4. The average Bonchev–Trinajstić information content (AvgIpc) is 2.77. The van der Waals surface area contributed by atoms with Crippen LogP contribution in [0, 0.1) is 11.6 Å². The summed E-state index contributed by atoms with van der Waals surface area (Å²) < 4.78 is 27.5. The first-order valence-electron chi connectivity index (χ1n) is 11.4. The molecule has 0 saturated heterocycles. The van der Waals surface area contributed by atoms with Gasteiger partial charge in [0.1, 0.15) is 11.6 Å². The van der Waals surface area contributed by atoms with Gasteiger partial charge in [0.25, 0.3) is 0 Å². The Balaban J connectivity index is 1.70. The Morgan fingerprint density at radius 1 is 1.06 bits per heavy atom. The van der Waals surface area contributed by atoms with Gasteiger partial charge in [-0.05, 0) is 48.1 Å². The predicted octanol–water partition coefficient (Wildman–Crippen LogP) is 4.62. The maximum Gasteiger partial charge on any atom is 0.126 e. The summed E-state index contributed by atoms with van der Waals surface area (Å²) in [5.41, 5.74) is 4.00. The van der Waals surface area contributed by atoms with Gasteiger partial charge in [-0.2, -0.15) is 0 Å². The highest BCUT2D eigenvalue weighted by atomic mass is 19.1. The molecule has 1 aliphatic rings. The summed E-state index contributed by atoms with van der Waals surface area (Å²) in [6.45, 7) is 5.83. The quantitative estimate of drug-likeness (QED) is 0.535. The predicted molar refractivity (Wildman–Crippen MR) is 126 cm³/mol. The number of halogens is 2. The van der Waals surface area contributed by atoms with Crippen LogP contribution in [-0.2, 0) is 19.4 Å². The Labute approximate surface area is 189 Å². The standard InChI is InChI=1S/C26H33F2N3O/c1-3-6-24-18-31(10-9-30-24)25(14-21-12-22(27)15-23(28)13-21)26(32)17-29-16-20-8-5-7-19(4-2)11-20/h5,7-13,15,25-26,29,32H,3-4,6,14,16-18H2,1-2H3/t25-,26+/m0/s1. The first kappa shape index (κ1) is 24.1. The van der Waals surface area contributed by atoms with Gasteiger partial charge < -0.3 is 15.3 Å². The molecule has 1 aliphatic heterocycles. The first-order valence-corrected chi connectivity index (χ1v) is 11.4. The molecular weight excluding hydrogens is 408 g/mol. The van der Waals surface area contributed by atoms with Gasteiger partial charge in [0.2, 0.25) is 0 Å². The molecule has 2 aromatic rings. The number of nitrogens with zero attached hydrogens (tertiary/aromatic N) is 2. The molecule has 1 heterocycles. The lowest BCUT2D eigenvalue weighted by Gasteiger charge is -2.36. The van der Waals surface area contributed by atoms with Crippen molar-refractivity contribution in [3.05, 3.63) is 83.2 Å². The van der Waals surface area contributed by atoms with Gasteiger partial charge in [-0.1, -0.05) is 44.5 Å². The minimum Gasteiger partial charge on any atom is -0.390 e. The van der Waals surface area contributed by atoms with Crippen LogP contribution in [0.2, 0.25) is 0 Å². The highest BCUT2D eigenvalue weighted by Crippen LogP contribution is 2.18. The second-order valence-electron chi connectivity index (χ2n) is 8.34. The summed E-state index contributed by atoms with van der Waals surface area (Å²) in [5.74, 6) is -1.21. The van der Waals surface area contributed by atoms with Gasteiger partial charge in [-0.3, -0.25) is 4.99 Å². The molecule has 2 N–H and O–H groups in total. The van der Waals surface area contributed by atoms with Crippen molar-refractivity contribution >= 4 is 5.71 Å². The van der Waals surface area contributed by atoms with Crippen LogP contribution in [0.3, 0.4) is 0 Å². The molecule has 4 nitrogen and oxygen atoms in total. The first-order chi connectivity index (χ1) is 15.5. The fourth-order valence-electron chi connectivity index (χ4n) is 4.09. The van der Waals surface area contributed by atoms with Crippen LogP contribution >= 0.6 is 0 Å². The zero-order valence-electron chi connectivity index (χ0n) is 18.9. The van der Waals surface area contributed by atoms with E-state index in [4.69, 9.17) is 0 Å². The minimum atomic E-state index is -0.735. The van der Waals surface area contributed by atoms with Gasteiger partial charge in [0.05, 0.1) is 18.7 Å². The van der Waals surface area contributed by atoms with E-state index in [1.54, 1.807) is 6.20 Å². The Kier molecular flexibility index (Phi) is 8.94. The summed E-state index contributed by atoms with van der Waals surface area (Å²) in [6, 6.07) is 11.6. The largest absolute Gasteiger partial charge is 0.390 e. The van der Waals surface area contributed by atoms with Gasteiger partial charge in [-0.25, -0.2) is 8.78 Å². The molecule has 0 amide bonds. The number of hydrogen-bond donors (Lipinski definition) is 2. The summed E-state index contributed by atoms with van der Waals surface area (Å²) >= 11 is 0. The molecule has 0 aromatic heterocycles. The molecule has 0 fully saturated rings. The highest BCUT2D eigenvalue weighted by Gasteiger charge is 2.27. The normalized spacial score (nSPS) is 15.5. The number of aryl methyl sites for hydroxylation is 1. The molecule has 32 heavy (non-hydrogen) atoms. The number of nitrogens with one attached hydrogen (secondary N) is 1. The van der Waals surface area contributed by atoms with Crippen molar-refractivity contribution in [3.8, 4) is 0 Å². The van der Waals surface area contributed by atoms with E-state index < -0.39 is 17.7 Å². The Bertz CT molecular complexity index is 924. The second kappa shape index (κ2) is 11.9. The maximum atomic E-state index is 13.8. The molecular formula is C26H33F2N3O. The second-order valence-corrected chi connectivity index (χ2v) is 8.34. The van der Waals surface area contributed by atoms with Crippen molar-refractivity contribution in [3.63, 3.8) is 0 Å². The van der Waals surface area contributed by atoms with Crippen LogP contribution in [-0.4, -0.2) is 41.0 Å². The van der Waals surface area contributed by atoms with Crippen LogP contribution < -0.4 is 5.32 Å². The van der Waals surface area contributed by atoms with E-state index in [2.05, 4.69) is 42.4 Å². The molecule has 172 valence electrons. The third kappa shape index (κ3) is 6.97. The number of benzene rings is 2. The third-order valence-corrected chi connectivity index (χ3v) is 5.74. The minimum absolute atomic E-state index is 0.326. The van der Waals surface area contributed by atoms with Crippen molar-refractivity contribution in [1.82, 2.24) is 10.2 Å². The number of aliphatic imine (C=N–C) groups is 1. The van der Waals surface area contributed by atoms with Crippen molar-refractivity contribution in [1.29, 1.82) is 0 Å². The highest BCUT2D eigenvalue weighted by molar-refractivity contribution is 5.87. The SMILES string of the molecule is CCCC1=NC=CN([C@@H](Cc2cc(F)cc(F)c2)[C@H](O)CNCc2cccc(CC)c2)C1. The van der Waals surface area contributed by atoms with E-state index in [1.807, 2.05) is 17.2 Å². The molecule has 0 aliphatic carbocycles. The average molecular weight is 442 g/mol. The molecule has 0 saturated carbocycles. The van der Waals surface area contributed by atoms with E-state index in [-0.39, 0.29) is 6.04 Å². The number of hydrogen-bond acceptors (Lipinski definition) is 4. The van der Waals surface area contributed by atoms with Gasteiger partial charge in [0.15, 0.2) is 0 Å². The Morgan fingerprint density at radius 2 is 1.81 bits per heavy atom. The van der Waals surface area contributed by atoms with Crippen molar-refractivity contribution < 1.29 is 13.9 Å². The van der Waals surface area contributed by atoms with Crippen LogP contribution in [0.4, 0.5) is 8.78 Å². The smallest absolute Gasteiger partial charge is 0.126 e. The zero-order valence-corrected chi connectivity index (χ0v) is 18.9.